The number of rotatable bonds is 2. The average Bonchev–Trinajstić information content (AvgIpc) is 3.45. The summed E-state index contributed by atoms with van der Waals surface area (Å²) < 4.78 is 9.09. The molecule has 2 bridgehead atoms. The highest BCUT2D eigenvalue weighted by atomic mass is 16.5. The van der Waals surface area contributed by atoms with Crippen molar-refractivity contribution in [3.63, 3.8) is 0 Å². The Bertz CT molecular complexity index is 1340. The van der Waals surface area contributed by atoms with E-state index in [2.05, 4.69) is 117 Å². The van der Waals surface area contributed by atoms with Crippen molar-refractivity contribution < 1.29 is 4.74 Å². The molecule has 6 rings (SSSR count). The van der Waals surface area contributed by atoms with E-state index in [1.807, 2.05) is 0 Å². The summed E-state index contributed by atoms with van der Waals surface area (Å²) in [6.07, 6.45) is 4.59. The lowest BCUT2D eigenvalue weighted by Crippen LogP contribution is -2.37. The van der Waals surface area contributed by atoms with Crippen LogP contribution in [0.5, 0.6) is 0 Å². The van der Waals surface area contributed by atoms with Gasteiger partial charge in [-0.3, -0.25) is 0 Å². The lowest BCUT2D eigenvalue weighted by molar-refractivity contribution is -0.0747. The largest absolute Gasteiger partial charge is 0.353 e. The molecule has 0 amide bonds. The zero-order chi connectivity index (χ0) is 21.4. The summed E-state index contributed by atoms with van der Waals surface area (Å²) >= 11 is 0. The van der Waals surface area contributed by atoms with Gasteiger partial charge >= 0.3 is 0 Å². The molecule has 2 aliphatic heterocycles. The van der Waals surface area contributed by atoms with Crippen molar-refractivity contribution in [1.82, 2.24) is 4.57 Å². The fourth-order valence-electron chi connectivity index (χ4n) is 5.64. The summed E-state index contributed by atoms with van der Waals surface area (Å²) in [5.41, 5.74) is 8.51. The van der Waals surface area contributed by atoms with Crippen molar-refractivity contribution in [1.29, 1.82) is 0 Å². The van der Waals surface area contributed by atoms with E-state index in [1.165, 1.54) is 44.4 Å². The molecule has 31 heavy (non-hydrogen) atoms. The number of aromatic nitrogens is 1. The molecule has 3 heterocycles. The highest BCUT2D eigenvalue weighted by molar-refractivity contribution is 6.06. The maximum Gasteiger partial charge on any atom is 0.120 e. The predicted molar refractivity (Wildman–Crippen MR) is 128 cm³/mol. The minimum atomic E-state index is -0.402. The molecule has 0 aliphatic carbocycles. The summed E-state index contributed by atoms with van der Waals surface area (Å²) in [5, 5.41) is 1.29. The van der Waals surface area contributed by atoms with E-state index in [0.29, 0.717) is 0 Å². The smallest absolute Gasteiger partial charge is 0.120 e. The lowest BCUT2D eigenvalue weighted by atomic mass is 9.70. The third-order valence-corrected chi connectivity index (χ3v) is 7.11. The maximum atomic E-state index is 6.69. The number of fused-ring (bicyclic) bond motifs is 7. The van der Waals surface area contributed by atoms with Gasteiger partial charge in [-0.2, -0.15) is 0 Å². The van der Waals surface area contributed by atoms with E-state index in [4.69, 9.17) is 4.74 Å². The molecule has 0 spiro atoms. The standard InChI is InChI=1S/C29H27NO/c1-28(2,3)29-18-17-23(31-29)21-15-16-22-24(19-11-7-5-8-12-19)26(20-13-9-6-10-14-20)30(4)27(22)25(21)29/h5-18,23H,1-4H3. The van der Waals surface area contributed by atoms with Crippen LogP contribution in [-0.4, -0.2) is 4.57 Å². The summed E-state index contributed by atoms with van der Waals surface area (Å²) in [4.78, 5) is 0. The Balaban J connectivity index is 1.77. The Labute approximate surface area is 183 Å². The molecule has 154 valence electrons. The van der Waals surface area contributed by atoms with E-state index < -0.39 is 5.60 Å². The highest BCUT2D eigenvalue weighted by Gasteiger charge is 2.55. The van der Waals surface area contributed by atoms with Crippen molar-refractivity contribution in [3.05, 3.63) is 96.1 Å². The number of ether oxygens (including phenoxy) is 1. The summed E-state index contributed by atoms with van der Waals surface area (Å²) in [7, 11) is 2.21. The number of nitrogens with zero attached hydrogens (tertiary/aromatic N) is 1. The van der Waals surface area contributed by atoms with E-state index in [9.17, 15) is 0 Å². The van der Waals surface area contributed by atoms with Crippen LogP contribution in [0.4, 0.5) is 0 Å². The van der Waals surface area contributed by atoms with Crippen LogP contribution in [0.1, 0.15) is 38.0 Å². The predicted octanol–water partition coefficient (Wildman–Crippen LogP) is 7.39. The van der Waals surface area contributed by atoms with Gasteiger partial charge in [0.15, 0.2) is 0 Å². The number of hydrogen-bond acceptors (Lipinski definition) is 1. The van der Waals surface area contributed by atoms with Crippen LogP contribution in [0, 0.1) is 5.41 Å². The molecule has 0 fully saturated rings. The fraction of sp³-hybridized carbons (Fsp3) is 0.241. The van der Waals surface area contributed by atoms with Crippen LogP contribution in [0.25, 0.3) is 33.3 Å². The molecule has 3 aromatic carbocycles. The third-order valence-electron chi connectivity index (χ3n) is 7.11. The van der Waals surface area contributed by atoms with Crippen molar-refractivity contribution >= 4 is 10.9 Å². The molecule has 1 aromatic heterocycles. The van der Waals surface area contributed by atoms with Gasteiger partial charge < -0.3 is 9.30 Å². The molecule has 0 N–H and O–H groups in total. The van der Waals surface area contributed by atoms with Gasteiger partial charge in [0.1, 0.15) is 11.7 Å². The van der Waals surface area contributed by atoms with Crippen molar-refractivity contribution in [2.24, 2.45) is 12.5 Å². The van der Waals surface area contributed by atoms with Gasteiger partial charge in [0.05, 0.1) is 11.2 Å². The van der Waals surface area contributed by atoms with Gasteiger partial charge in [-0.05, 0) is 28.2 Å². The second-order valence-electron chi connectivity index (χ2n) is 9.82. The Morgan fingerprint density at radius 3 is 2.13 bits per heavy atom. The molecule has 2 atom stereocenters. The van der Waals surface area contributed by atoms with Crippen LogP contribution in [0.3, 0.4) is 0 Å². The van der Waals surface area contributed by atoms with Crippen molar-refractivity contribution in [2.45, 2.75) is 32.5 Å². The lowest BCUT2D eigenvalue weighted by Gasteiger charge is -2.38. The summed E-state index contributed by atoms with van der Waals surface area (Å²) in [6.45, 7) is 6.85. The van der Waals surface area contributed by atoms with Crippen LogP contribution in [-0.2, 0) is 17.4 Å². The number of aryl methyl sites for hydroxylation is 1. The van der Waals surface area contributed by atoms with Gasteiger partial charge in [0.25, 0.3) is 0 Å². The molecular weight excluding hydrogens is 378 g/mol. The summed E-state index contributed by atoms with van der Waals surface area (Å²) in [5.74, 6) is 0. The van der Waals surface area contributed by atoms with E-state index in [-0.39, 0.29) is 11.5 Å². The van der Waals surface area contributed by atoms with Gasteiger partial charge in [-0.25, -0.2) is 0 Å². The highest BCUT2D eigenvalue weighted by Crippen LogP contribution is 2.61. The first-order chi connectivity index (χ1) is 14.9. The normalized spacial score (nSPS) is 21.7. The van der Waals surface area contributed by atoms with E-state index in [1.54, 1.807) is 0 Å². The van der Waals surface area contributed by atoms with Crippen LogP contribution >= 0.6 is 0 Å². The quantitative estimate of drug-likeness (QED) is 0.317. The SMILES string of the molecule is Cn1c(-c2ccccc2)c(-c2ccccc2)c2ccc3c(c21)C1(C(C)(C)C)C=CC3O1. The van der Waals surface area contributed by atoms with Crippen LogP contribution in [0.15, 0.2) is 84.9 Å². The van der Waals surface area contributed by atoms with Crippen molar-refractivity contribution in [3.8, 4) is 22.4 Å². The molecule has 0 saturated heterocycles. The molecule has 2 heteroatoms. The van der Waals surface area contributed by atoms with Crippen LogP contribution < -0.4 is 0 Å². The zero-order valence-electron chi connectivity index (χ0n) is 18.5. The molecule has 2 unspecified atom stereocenters. The number of hydrogen-bond donors (Lipinski definition) is 0. The molecule has 4 aromatic rings. The molecule has 2 aliphatic rings. The minimum Gasteiger partial charge on any atom is -0.353 e. The van der Waals surface area contributed by atoms with E-state index >= 15 is 0 Å². The minimum absolute atomic E-state index is 0.0499. The third kappa shape index (κ3) is 2.37. The average molecular weight is 406 g/mol. The first-order valence-corrected chi connectivity index (χ1v) is 11.1. The second kappa shape index (κ2) is 6.21. The Morgan fingerprint density at radius 2 is 1.48 bits per heavy atom. The monoisotopic (exact) mass is 405 g/mol. The van der Waals surface area contributed by atoms with Gasteiger partial charge in [-0.15, -0.1) is 0 Å². The maximum absolute atomic E-state index is 6.69. The van der Waals surface area contributed by atoms with Gasteiger partial charge in [0.2, 0.25) is 0 Å². The first kappa shape index (κ1) is 18.7. The molecule has 0 radical (unpaired) electrons. The Morgan fingerprint density at radius 1 is 0.839 bits per heavy atom. The Hall–Kier alpha value is -3.10. The Kier molecular flexibility index (Phi) is 3.74. The first-order valence-electron chi connectivity index (χ1n) is 11.1. The van der Waals surface area contributed by atoms with Crippen LogP contribution in [0.2, 0.25) is 0 Å². The molecular formula is C29H27NO. The van der Waals surface area contributed by atoms with E-state index in [0.717, 1.165) is 0 Å². The topological polar surface area (TPSA) is 14.2 Å². The molecule has 0 saturated carbocycles. The number of benzene rings is 3. The second-order valence-corrected chi connectivity index (χ2v) is 9.82. The zero-order valence-corrected chi connectivity index (χ0v) is 18.5. The van der Waals surface area contributed by atoms with Gasteiger partial charge in [-0.1, -0.05) is 99.6 Å². The van der Waals surface area contributed by atoms with Gasteiger partial charge in [0, 0.05) is 23.6 Å². The fourth-order valence-corrected chi connectivity index (χ4v) is 5.64. The molecule has 2 nitrogen and oxygen atoms in total. The van der Waals surface area contributed by atoms with Crippen molar-refractivity contribution in [2.75, 3.05) is 0 Å². The summed E-state index contributed by atoms with van der Waals surface area (Å²) in [6, 6.07) is 26.1.